The van der Waals surface area contributed by atoms with Crippen molar-refractivity contribution in [2.75, 3.05) is 25.9 Å². The molecule has 0 saturated carbocycles. The Bertz CT molecular complexity index is 1030. The molecule has 1 aliphatic rings. The maximum absolute atomic E-state index is 14.5. The number of nitrogens with two attached hydrogens (primary N) is 1. The zero-order valence-electron chi connectivity index (χ0n) is 17.2. The van der Waals surface area contributed by atoms with E-state index in [-0.39, 0.29) is 23.6 Å². The molecule has 0 radical (unpaired) electrons. The van der Waals surface area contributed by atoms with Gasteiger partial charge in [0.25, 0.3) is 5.91 Å². The standard InChI is InChI=1S/C20H19F5N4O4/c1-27-18(31)12-7-14(17(26)28-8-12)32-15-9-29(10-19(15,21)22)16(30)6-11-2-4-13(5-3-11)33-20(23,24)25/h2-5,7-8,15H,6,9-10H2,1H3,(H2,26,28)(H,27,31)/t15-/m1/s1. The van der Waals surface area contributed by atoms with Gasteiger partial charge in [0.2, 0.25) is 5.91 Å². The number of ether oxygens (including phenoxy) is 2. The Morgan fingerprint density at radius 2 is 1.94 bits per heavy atom. The molecule has 2 heterocycles. The first-order chi connectivity index (χ1) is 15.4. The number of alkyl halides is 5. The number of likely N-dealkylation sites (tertiary alicyclic amines) is 1. The lowest BCUT2D eigenvalue weighted by Crippen LogP contribution is -2.36. The van der Waals surface area contributed by atoms with E-state index in [0.717, 1.165) is 23.2 Å². The van der Waals surface area contributed by atoms with E-state index in [0.29, 0.717) is 5.56 Å². The summed E-state index contributed by atoms with van der Waals surface area (Å²) in [6, 6.07) is 5.69. The number of nitrogens with zero attached hydrogens (tertiary/aromatic N) is 2. The first-order valence-electron chi connectivity index (χ1n) is 9.52. The molecule has 1 atom stereocenters. The molecule has 2 amide bonds. The first kappa shape index (κ1) is 24.0. The minimum absolute atomic E-state index is 0.0499. The number of aromatic nitrogens is 1. The van der Waals surface area contributed by atoms with E-state index < -0.39 is 49.0 Å². The van der Waals surface area contributed by atoms with Gasteiger partial charge in [-0.2, -0.15) is 0 Å². The second-order valence-electron chi connectivity index (χ2n) is 7.20. The fourth-order valence-corrected chi connectivity index (χ4v) is 3.13. The van der Waals surface area contributed by atoms with Gasteiger partial charge in [-0.15, -0.1) is 13.2 Å². The Morgan fingerprint density at radius 3 is 2.55 bits per heavy atom. The summed E-state index contributed by atoms with van der Waals surface area (Å²) in [7, 11) is 1.38. The smallest absolute Gasteiger partial charge is 0.478 e. The summed E-state index contributed by atoms with van der Waals surface area (Å²) < 4.78 is 74.8. The second-order valence-corrected chi connectivity index (χ2v) is 7.20. The number of amides is 2. The Kier molecular flexibility index (Phi) is 6.60. The molecule has 3 rings (SSSR count). The number of carbonyl (C=O) groups excluding carboxylic acids is 2. The van der Waals surface area contributed by atoms with Gasteiger partial charge < -0.3 is 25.4 Å². The van der Waals surface area contributed by atoms with E-state index in [2.05, 4.69) is 15.0 Å². The molecule has 2 aromatic rings. The van der Waals surface area contributed by atoms with Crippen molar-refractivity contribution in [1.82, 2.24) is 15.2 Å². The average Bonchev–Trinajstić information content (AvgIpc) is 3.03. The predicted octanol–water partition coefficient (Wildman–Crippen LogP) is 2.39. The number of anilines is 1. The van der Waals surface area contributed by atoms with Gasteiger partial charge in [-0.25, -0.2) is 13.8 Å². The molecule has 178 valence electrons. The Hall–Kier alpha value is -3.64. The second kappa shape index (κ2) is 9.08. The molecule has 0 aliphatic carbocycles. The van der Waals surface area contributed by atoms with Crippen LogP contribution in [0.5, 0.6) is 11.5 Å². The summed E-state index contributed by atoms with van der Waals surface area (Å²) >= 11 is 0. The summed E-state index contributed by atoms with van der Waals surface area (Å²) in [4.78, 5) is 28.9. The molecular weight excluding hydrogens is 455 g/mol. The van der Waals surface area contributed by atoms with Crippen LogP contribution in [0, 0.1) is 0 Å². The van der Waals surface area contributed by atoms with E-state index in [1.807, 2.05) is 0 Å². The van der Waals surface area contributed by atoms with E-state index in [9.17, 15) is 31.5 Å². The van der Waals surface area contributed by atoms with Crippen molar-refractivity contribution in [2.24, 2.45) is 0 Å². The highest BCUT2D eigenvalue weighted by atomic mass is 19.4. The zero-order chi connectivity index (χ0) is 24.4. The van der Waals surface area contributed by atoms with Crippen LogP contribution in [-0.4, -0.2) is 60.2 Å². The number of hydrogen-bond donors (Lipinski definition) is 2. The minimum Gasteiger partial charge on any atom is -0.478 e. The van der Waals surface area contributed by atoms with Crippen molar-refractivity contribution >= 4 is 17.6 Å². The summed E-state index contributed by atoms with van der Waals surface area (Å²) in [6.45, 7) is -1.39. The van der Waals surface area contributed by atoms with Crippen LogP contribution in [0.15, 0.2) is 36.5 Å². The first-order valence-corrected chi connectivity index (χ1v) is 9.52. The molecule has 1 aromatic carbocycles. The average molecular weight is 474 g/mol. The lowest BCUT2D eigenvalue weighted by molar-refractivity contribution is -0.274. The molecule has 0 bridgehead atoms. The van der Waals surface area contributed by atoms with Crippen molar-refractivity contribution in [3.8, 4) is 11.5 Å². The van der Waals surface area contributed by atoms with Gasteiger partial charge in [0.1, 0.15) is 5.75 Å². The molecular formula is C20H19F5N4O4. The molecule has 0 unspecified atom stereocenters. The third-order valence-corrected chi connectivity index (χ3v) is 4.76. The molecule has 1 aliphatic heterocycles. The van der Waals surface area contributed by atoms with E-state index in [4.69, 9.17) is 10.5 Å². The van der Waals surface area contributed by atoms with Gasteiger partial charge in [0, 0.05) is 13.2 Å². The van der Waals surface area contributed by atoms with Crippen LogP contribution in [0.4, 0.5) is 27.8 Å². The van der Waals surface area contributed by atoms with Crippen molar-refractivity contribution in [1.29, 1.82) is 0 Å². The van der Waals surface area contributed by atoms with Crippen LogP contribution in [0.1, 0.15) is 15.9 Å². The number of benzene rings is 1. The molecule has 1 saturated heterocycles. The SMILES string of the molecule is CNC(=O)c1cnc(N)c(O[C@@H]2CN(C(=O)Cc3ccc(OC(F)(F)F)cc3)CC2(F)F)c1. The fourth-order valence-electron chi connectivity index (χ4n) is 3.13. The molecule has 0 spiro atoms. The molecule has 1 fully saturated rings. The van der Waals surface area contributed by atoms with Crippen LogP contribution < -0.4 is 20.5 Å². The normalized spacial score (nSPS) is 17.5. The van der Waals surface area contributed by atoms with Crippen molar-refractivity contribution < 1.29 is 41.0 Å². The minimum atomic E-state index is -4.85. The van der Waals surface area contributed by atoms with Gasteiger partial charge in [-0.1, -0.05) is 12.1 Å². The van der Waals surface area contributed by atoms with Gasteiger partial charge in [0.15, 0.2) is 17.7 Å². The lowest BCUT2D eigenvalue weighted by atomic mass is 10.1. The summed E-state index contributed by atoms with van der Waals surface area (Å²) in [5.74, 6) is -5.51. The molecule has 33 heavy (non-hydrogen) atoms. The lowest BCUT2D eigenvalue weighted by Gasteiger charge is -2.20. The molecule has 8 nitrogen and oxygen atoms in total. The van der Waals surface area contributed by atoms with E-state index >= 15 is 0 Å². The van der Waals surface area contributed by atoms with Crippen LogP contribution in [0.2, 0.25) is 0 Å². The monoisotopic (exact) mass is 474 g/mol. The number of carbonyl (C=O) groups is 2. The molecule has 1 aromatic heterocycles. The zero-order valence-corrected chi connectivity index (χ0v) is 17.2. The van der Waals surface area contributed by atoms with Gasteiger partial charge in [-0.05, 0) is 23.8 Å². The van der Waals surface area contributed by atoms with Crippen LogP contribution in [0.3, 0.4) is 0 Å². The van der Waals surface area contributed by atoms with Gasteiger partial charge >= 0.3 is 12.3 Å². The van der Waals surface area contributed by atoms with Crippen molar-refractivity contribution in [3.05, 3.63) is 47.7 Å². The Morgan fingerprint density at radius 1 is 1.27 bits per heavy atom. The largest absolute Gasteiger partial charge is 0.573 e. The number of nitrogen functional groups attached to an aromatic ring is 1. The summed E-state index contributed by atoms with van der Waals surface area (Å²) in [5.41, 5.74) is 6.03. The van der Waals surface area contributed by atoms with Gasteiger partial charge in [0.05, 0.1) is 25.1 Å². The Labute approximate surface area is 184 Å². The molecule has 13 heteroatoms. The maximum Gasteiger partial charge on any atom is 0.573 e. The summed E-state index contributed by atoms with van der Waals surface area (Å²) in [5, 5.41) is 2.36. The van der Waals surface area contributed by atoms with Crippen LogP contribution in [-0.2, 0) is 11.2 Å². The third kappa shape index (κ3) is 5.99. The number of rotatable bonds is 6. The number of nitrogens with one attached hydrogen (secondary N) is 1. The predicted molar refractivity (Wildman–Crippen MR) is 105 cm³/mol. The summed E-state index contributed by atoms with van der Waals surface area (Å²) in [6.07, 6.45) is -5.75. The molecule has 3 N–H and O–H groups in total. The third-order valence-electron chi connectivity index (χ3n) is 4.76. The fraction of sp³-hybridized carbons (Fsp3) is 0.350. The number of halogens is 5. The quantitative estimate of drug-likeness (QED) is 0.623. The highest BCUT2D eigenvalue weighted by Gasteiger charge is 2.51. The number of pyridine rings is 1. The van der Waals surface area contributed by atoms with E-state index in [1.165, 1.54) is 25.2 Å². The van der Waals surface area contributed by atoms with Crippen LogP contribution in [0.25, 0.3) is 0 Å². The maximum atomic E-state index is 14.5. The number of hydrogen-bond acceptors (Lipinski definition) is 6. The van der Waals surface area contributed by atoms with Crippen LogP contribution >= 0.6 is 0 Å². The van der Waals surface area contributed by atoms with Crippen molar-refractivity contribution in [3.63, 3.8) is 0 Å². The van der Waals surface area contributed by atoms with Gasteiger partial charge in [-0.3, -0.25) is 9.59 Å². The van der Waals surface area contributed by atoms with E-state index in [1.54, 1.807) is 0 Å². The highest BCUT2D eigenvalue weighted by molar-refractivity contribution is 5.94. The Balaban J connectivity index is 1.66. The highest BCUT2D eigenvalue weighted by Crippen LogP contribution is 2.33. The van der Waals surface area contributed by atoms with Crippen molar-refractivity contribution in [2.45, 2.75) is 24.8 Å². The topological polar surface area (TPSA) is 107 Å².